The molecule has 0 unspecified atom stereocenters. The summed E-state index contributed by atoms with van der Waals surface area (Å²) in [6.45, 7) is 0. The van der Waals surface area contributed by atoms with Crippen LogP contribution in [0.3, 0.4) is 0 Å². The number of carbonyl (C=O) groups is 1. The summed E-state index contributed by atoms with van der Waals surface area (Å²) in [6.07, 6.45) is 3.10. The van der Waals surface area contributed by atoms with E-state index in [0.717, 1.165) is 33.8 Å². The molecule has 138 valence electrons. The van der Waals surface area contributed by atoms with Crippen molar-refractivity contribution in [3.8, 4) is 0 Å². The Hall–Kier alpha value is -2.45. The zero-order valence-electron chi connectivity index (χ0n) is 14.4. The maximum Gasteiger partial charge on any atom is 0.270 e. The van der Waals surface area contributed by atoms with E-state index >= 15 is 0 Å². The topological polar surface area (TPSA) is 85.1 Å². The van der Waals surface area contributed by atoms with Crippen LogP contribution in [0.5, 0.6) is 0 Å². The van der Waals surface area contributed by atoms with Gasteiger partial charge in [0.25, 0.3) is 5.69 Å². The first-order chi connectivity index (χ1) is 13.1. The third-order valence-electron chi connectivity index (χ3n) is 4.59. The van der Waals surface area contributed by atoms with Crippen LogP contribution in [0.4, 0.5) is 5.69 Å². The van der Waals surface area contributed by atoms with Crippen LogP contribution in [0.1, 0.15) is 30.0 Å². The summed E-state index contributed by atoms with van der Waals surface area (Å²) < 4.78 is 1.50. The number of carbonyl (C=O) groups excluding carboxylic acids is 1. The molecule has 1 N–H and O–H groups in total. The minimum absolute atomic E-state index is 0.0214. The van der Waals surface area contributed by atoms with E-state index in [9.17, 15) is 14.9 Å². The zero-order valence-corrected chi connectivity index (χ0v) is 16.0. The van der Waals surface area contributed by atoms with E-state index in [1.807, 2.05) is 12.1 Å². The van der Waals surface area contributed by atoms with Gasteiger partial charge in [0.15, 0.2) is 4.34 Å². The highest BCUT2D eigenvalue weighted by Crippen LogP contribution is 2.32. The van der Waals surface area contributed by atoms with Crippen LogP contribution < -0.4 is 5.32 Å². The molecule has 0 aliphatic heterocycles. The second-order valence-electron chi connectivity index (χ2n) is 6.39. The van der Waals surface area contributed by atoms with Crippen LogP contribution >= 0.6 is 23.1 Å². The molecule has 6 nitrogen and oxygen atoms in total. The van der Waals surface area contributed by atoms with E-state index in [0.29, 0.717) is 0 Å². The number of nitrogens with zero attached hydrogens (tertiary/aromatic N) is 2. The fourth-order valence-electron chi connectivity index (χ4n) is 3.33. The highest BCUT2D eigenvalue weighted by atomic mass is 32.2. The largest absolute Gasteiger partial charge is 0.349 e. The van der Waals surface area contributed by atoms with E-state index < -0.39 is 4.92 Å². The van der Waals surface area contributed by atoms with Crippen molar-refractivity contribution in [3.63, 3.8) is 0 Å². The molecule has 1 heterocycles. The smallest absolute Gasteiger partial charge is 0.270 e. The number of aromatic nitrogens is 1. The Morgan fingerprint density at radius 2 is 2.19 bits per heavy atom. The van der Waals surface area contributed by atoms with Gasteiger partial charge >= 0.3 is 0 Å². The van der Waals surface area contributed by atoms with Crippen LogP contribution in [-0.4, -0.2) is 21.6 Å². The Bertz CT molecular complexity index is 1020. The molecule has 2 aromatic carbocycles. The Labute approximate surface area is 164 Å². The number of hydrogen-bond donors (Lipinski definition) is 1. The van der Waals surface area contributed by atoms with Gasteiger partial charge in [-0.2, -0.15) is 0 Å². The summed E-state index contributed by atoms with van der Waals surface area (Å²) in [5.41, 5.74) is 3.30. The maximum atomic E-state index is 12.4. The van der Waals surface area contributed by atoms with Crippen LogP contribution in [0.2, 0.25) is 0 Å². The summed E-state index contributed by atoms with van der Waals surface area (Å²) in [6, 6.07) is 13.0. The number of fused-ring (bicyclic) bond motifs is 2. The van der Waals surface area contributed by atoms with E-state index in [4.69, 9.17) is 0 Å². The number of non-ortho nitro benzene ring substituents is 1. The number of thioether (sulfide) groups is 1. The molecule has 0 radical (unpaired) electrons. The predicted octanol–water partition coefficient (Wildman–Crippen LogP) is 4.49. The number of rotatable bonds is 5. The molecule has 1 aromatic heterocycles. The van der Waals surface area contributed by atoms with Gasteiger partial charge in [-0.15, -0.1) is 11.3 Å². The molecular weight excluding hydrogens is 382 g/mol. The van der Waals surface area contributed by atoms with Crippen molar-refractivity contribution in [1.29, 1.82) is 0 Å². The van der Waals surface area contributed by atoms with E-state index in [1.165, 1.54) is 46.4 Å². The van der Waals surface area contributed by atoms with Gasteiger partial charge in [0.2, 0.25) is 5.91 Å². The Balaban J connectivity index is 1.40. The van der Waals surface area contributed by atoms with Crippen LogP contribution in [0.15, 0.2) is 46.8 Å². The molecular formula is C19H17N3O3S2. The van der Waals surface area contributed by atoms with Crippen molar-refractivity contribution >= 4 is 44.9 Å². The monoisotopic (exact) mass is 399 g/mol. The molecule has 0 spiro atoms. The molecule has 1 amide bonds. The third kappa shape index (κ3) is 3.96. The van der Waals surface area contributed by atoms with Crippen LogP contribution in [0.25, 0.3) is 10.2 Å². The second-order valence-corrected chi connectivity index (χ2v) is 8.64. The van der Waals surface area contributed by atoms with Crippen molar-refractivity contribution in [2.75, 3.05) is 5.75 Å². The average Bonchev–Trinajstić information content (AvgIpc) is 3.09. The average molecular weight is 399 g/mol. The van der Waals surface area contributed by atoms with Crippen molar-refractivity contribution in [2.24, 2.45) is 0 Å². The number of amides is 1. The number of nitrogens with one attached hydrogen (secondary N) is 1. The molecule has 3 aromatic rings. The van der Waals surface area contributed by atoms with Gasteiger partial charge in [-0.25, -0.2) is 4.98 Å². The lowest BCUT2D eigenvalue weighted by atomic mass is 9.88. The summed E-state index contributed by atoms with van der Waals surface area (Å²) >= 11 is 2.74. The SMILES string of the molecule is O=C(CSc1nc2ccc([N+](=O)[O-])cc2s1)N[C@H]1CCCc2ccccc21. The van der Waals surface area contributed by atoms with Crippen molar-refractivity contribution in [3.05, 3.63) is 63.7 Å². The lowest BCUT2D eigenvalue weighted by Crippen LogP contribution is -2.32. The molecule has 1 atom stereocenters. The highest BCUT2D eigenvalue weighted by molar-refractivity contribution is 8.01. The van der Waals surface area contributed by atoms with Gasteiger partial charge in [-0.3, -0.25) is 14.9 Å². The summed E-state index contributed by atoms with van der Waals surface area (Å²) in [7, 11) is 0. The Kier molecular flexibility index (Phi) is 5.09. The van der Waals surface area contributed by atoms with Gasteiger partial charge in [0, 0.05) is 12.1 Å². The minimum atomic E-state index is -0.415. The van der Waals surface area contributed by atoms with Crippen LogP contribution in [-0.2, 0) is 11.2 Å². The number of nitro benzene ring substituents is 1. The van der Waals surface area contributed by atoms with Gasteiger partial charge in [-0.05, 0) is 36.5 Å². The summed E-state index contributed by atoms with van der Waals surface area (Å²) in [5.74, 6) is 0.257. The standard InChI is InChI=1S/C19H17N3O3S2/c23-18(20-15-7-3-5-12-4-1-2-6-14(12)15)11-26-19-21-16-9-8-13(22(24)25)10-17(16)27-19/h1-2,4,6,8-10,15H,3,5,7,11H2,(H,20,23)/t15-/m0/s1. The molecule has 8 heteroatoms. The number of hydrogen-bond acceptors (Lipinski definition) is 6. The van der Waals surface area contributed by atoms with Crippen molar-refractivity contribution in [2.45, 2.75) is 29.6 Å². The lowest BCUT2D eigenvalue weighted by molar-refractivity contribution is -0.384. The van der Waals surface area contributed by atoms with Crippen molar-refractivity contribution < 1.29 is 9.72 Å². The highest BCUT2D eigenvalue weighted by Gasteiger charge is 2.21. The number of benzene rings is 2. The fraction of sp³-hybridized carbons (Fsp3) is 0.263. The van der Waals surface area contributed by atoms with E-state index in [1.54, 1.807) is 6.07 Å². The van der Waals surface area contributed by atoms with Gasteiger partial charge in [-0.1, -0.05) is 36.0 Å². The molecule has 0 fully saturated rings. The number of aryl methyl sites for hydroxylation is 1. The fourth-order valence-corrected chi connectivity index (χ4v) is 5.25. The quantitative estimate of drug-likeness (QED) is 0.388. The number of nitro groups is 1. The molecule has 1 aliphatic carbocycles. The van der Waals surface area contributed by atoms with Crippen LogP contribution in [0, 0.1) is 10.1 Å². The summed E-state index contributed by atoms with van der Waals surface area (Å²) in [5, 5.41) is 14.0. The molecule has 0 saturated heterocycles. The maximum absolute atomic E-state index is 12.4. The third-order valence-corrected chi connectivity index (χ3v) is 6.76. The lowest BCUT2D eigenvalue weighted by Gasteiger charge is -2.26. The molecule has 0 saturated carbocycles. The first-order valence-corrected chi connectivity index (χ1v) is 10.5. The molecule has 1 aliphatic rings. The predicted molar refractivity (Wildman–Crippen MR) is 107 cm³/mol. The molecule has 27 heavy (non-hydrogen) atoms. The second kappa shape index (κ2) is 7.66. The molecule has 4 rings (SSSR count). The van der Waals surface area contributed by atoms with E-state index in [2.05, 4.69) is 22.4 Å². The zero-order chi connectivity index (χ0) is 18.8. The normalized spacial score (nSPS) is 16.1. The first-order valence-electron chi connectivity index (χ1n) is 8.65. The first kappa shape index (κ1) is 17.9. The van der Waals surface area contributed by atoms with Gasteiger partial charge < -0.3 is 5.32 Å². The Morgan fingerprint density at radius 1 is 1.33 bits per heavy atom. The Morgan fingerprint density at radius 3 is 3.04 bits per heavy atom. The van der Waals surface area contributed by atoms with Gasteiger partial charge in [0.05, 0.1) is 26.9 Å². The van der Waals surface area contributed by atoms with Crippen molar-refractivity contribution in [1.82, 2.24) is 10.3 Å². The van der Waals surface area contributed by atoms with Gasteiger partial charge in [0.1, 0.15) is 0 Å². The number of thiazole rings is 1. The minimum Gasteiger partial charge on any atom is -0.349 e. The summed E-state index contributed by atoms with van der Waals surface area (Å²) in [4.78, 5) is 27.3. The molecule has 0 bridgehead atoms. The van der Waals surface area contributed by atoms with E-state index in [-0.39, 0.29) is 23.4 Å².